The summed E-state index contributed by atoms with van der Waals surface area (Å²) >= 11 is 1.35. The number of carbonyl (C=O) groups excluding carboxylic acids is 11. The van der Waals surface area contributed by atoms with Crippen molar-refractivity contribution in [1.29, 1.82) is 0 Å². The number of amides is 9. The highest BCUT2D eigenvalue weighted by molar-refractivity contribution is 8.00. The van der Waals surface area contributed by atoms with Gasteiger partial charge in [-0.15, -0.1) is 0 Å². The van der Waals surface area contributed by atoms with Gasteiger partial charge in [0, 0.05) is 103 Å². The normalized spacial score (nSPS) is 18.4. The van der Waals surface area contributed by atoms with E-state index < -0.39 is 72.2 Å². The lowest BCUT2D eigenvalue weighted by atomic mass is 9.83. The van der Waals surface area contributed by atoms with Crippen LogP contribution in [0.2, 0.25) is 0 Å². The van der Waals surface area contributed by atoms with Crippen LogP contribution in [0.15, 0.2) is 54.6 Å². The fraction of sp³-hybridized carbons (Fsp3) is 0.681. The molecule has 24 heteroatoms. The fourth-order valence-electron chi connectivity index (χ4n) is 13.4. The maximum Gasteiger partial charge on any atom is 0.410 e. The third kappa shape index (κ3) is 23.8. The molecule has 2 saturated heterocycles. The zero-order valence-electron chi connectivity index (χ0n) is 59.6. The van der Waals surface area contributed by atoms with Crippen LogP contribution in [0.1, 0.15) is 176 Å². The summed E-state index contributed by atoms with van der Waals surface area (Å²) in [7, 11) is 6.24. The van der Waals surface area contributed by atoms with Gasteiger partial charge in [0.15, 0.2) is 11.6 Å². The van der Waals surface area contributed by atoms with Gasteiger partial charge in [-0.05, 0) is 97.6 Å². The minimum Gasteiger partial charge on any atom is -0.445 e. The van der Waals surface area contributed by atoms with Crippen LogP contribution in [0.25, 0.3) is 0 Å². The van der Waals surface area contributed by atoms with E-state index in [1.165, 1.54) is 35.7 Å². The number of imide groups is 1. The summed E-state index contributed by atoms with van der Waals surface area (Å²) in [5, 5.41) is 18.9. The molecule has 2 aliphatic heterocycles. The summed E-state index contributed by atoms with van der Waals surface area (Å²) in [6.07, 6.45) is 3.01. The molecule has 0 saturated carbocycles. The summed E-state index contributed by atoms with van der Waals surface area (Å²) in [6, 6.07) is 12.2. The molecule has 2 unspecified atom stereocenters. The Morgan fingerprint density at radius 1 is 0.760 bits per heavy atom. The number of anilines is 1. The van der Waals surface area contributed by atoms with E-state index in [4.69, 9.17) is 19.9 Å². The number of ketones is 3. The number of carbonyl (C=O) groups is 11. The summed E-state index contributed by atoms with van der Waals surface area (Å²) in [4.78, 5) is 155. The molecular formula is C72H112N8O15S. The molecule has 2 aromatic rings. The number of aliphatic hydroxyl groups excluding tert-OH is 1. The lowest BCUT2D eigenvalue weighted by molar-refractivity contribution is -0.149. The lowest BCUT2D eigenvalue weighted by Gasteiger charge is -2.41. The SMILES string of the molecule is CC[C@H](C)[C@@H]([C@@H](CC(=O)N1CCC[C@H]1[C@H](OC)[C@@H](C)C(=O)C[C@H](C)[C@@H](O)c1ccccc1)OC)N(C)C(=O)[C@@H](CC(=O)[C@H](C(C)C)N(C)C(=O)OCc1ccc(NC(=O)[C@H](CCCNC(N)=O)CC(=O)C(NC(=O)CCCCCN2C(=O)CC(SC)C2=O)C(C)C)cc1)C(C)C. The second-order valence-electron chi connectivity index (χ2n) is 27.4. The van der Waals surface area contributed by atoms with E-state index in [0.29, 0.717) is 69.3 Å². The average Bonchev–Trinajstić information content (AvgIpc) is 1.42. The van der Waals surface area contributed by atoms with Gasteiger partial charge in [-0.1, -0.05) is 125 Å². The molecular weight excluding hydrogens is 1250 g/mol. The minimum absolute atomic E-state index is 0.0537. The van der Waals surface area contributed by atoms with Crippen molar-refractivity contribution in [2.75, 3.05) is 59.5 Å². The molecule has 2 aliphatic rings. The topological polar surface area (TPSA) is 311 Å². The summed E-state index contributed by atoms with van der Waals surface area (Å²) in [5.74, 6) is -6.12. The number of methoxy groups -OCH3 is 2. The highest BCUT2D eigenvalue weighted by atomic mass is 32.2. The first-order valence-corrected chi connectivity index (χ1v) is 35.6. The maximum atomic E-state index is 14.9. The van der Waals surface area contributed by atoms with Gasteiger partial charge < -0.3 is 55.7 Å². The average molecular weight is 1360 g/mol. The number of rotatable bonds is 42. The van der Waals surface area contributed by atoms with Crippen LogP contribution in [0.5, 0.6) is 0 Å². The van der Waals surface area contributed by atoms with Crippen molar-refractivity contribution in [3.05, 3.63) is 65.7 Å². The molecule has 23 nitrogen and oxygen atoms in total. The van der Waals surface area contributed by atoms with Crippen LogP contribution in [-0.2, 0) is 64.0 Å². The Morgan fingerprint density at radius 2 is 1.43 bits per heavy atom. The summed E-state index contributed by atoms with van der Waals surface area (Å²) < 4.78 is 17.9. The van der Waals surface area contributed by atoms with Crippen LogP contribution in [-0.4, -0.2) is 185 Å². The number of likely N-dealkylation sites (tertiary alicyclic amines) is 2. The van der Waals surface area contributed by atoms with Gasteiger partial charge in [-0.25, -0.2) is 9.59 Å². The number of nitrogens with zero attached hydrogens (tertiary/aromatic N) is 4. The highest BCUT2D eigenvalue weighted by Crippen LogP contribution is 2.34. The molecule has 2 aromatic carbocycles. The van der Waals surface area contributed by atoms with Crippen molar-refractivity contribution in [2.24, 2.45) is 53.1 Å². The first-order valence-electron chi connectivity index (χ1n) is 34.3. The lowest BCUT2D eigenvalue weighted by Crippen LogP contribution is -2.54. The molecule has 0 aliphatic carbocycles. The van der Waals surface area contributed by atoms with Gasteiger partial charge in [0.05, 0.1) is 54.2 Å². The Hall–Kier alpha value is -6.76. The van der Waals surface area contributed by atoms with Crippen LogP contribution in [0, 0.1) is 47.3 Å². The quantitative estimate of drug-likeness (QED) is 0.0306. The van der Waals surface area contributed by atoms with Crippen LogP contribution in [0.4, 0.5) is 15.3 Å². The van der Waals surface area contributed by atoms with Crippen molar-refractivity contribution >= 4 is 82.4 Å². The van der Waals surface area contributed by atoms with Crippen molar-refractivity contribution < 1.29 is 72.1 Å². The Kier molecular flexibility index (Phi) is 34.2. The van der Waals surface area contributed by atoms with Crippen LogP contribution in [0.3, 0.4) is 0 Å². The molecule has 2 fully saturated rings. The van der Waals surface area contributed by atoms with Crippen molar-refractivity contribution in [3.8, 4) is 0 Å². The molecule has 13 atom stereocenters. The van der Waals surface area contributed by atoms with Crippen molar-refractivity contribution in [1.82, 2.24) is 30.2 Å². The number of unbranched alkanes of at least 4 members (excludes halogenated alkanes) is 2. The number of nitrogens with two attached hydrogens (primary N) is 1. The van der Waals surface area contributed by atoms with Gasteiger partial charge in [0.25, 0.3) is 0 Å². The first-order chi connectivity index (χ1) is 45.4. The monoisotopic (exact) mass is 1360 g/mol. The third-order valence-electron chi connectivity index (χ3n) is 19.3. The van der Waals surface area contributed by atoms with Crippen LogP contribution < -0.4 is 21.7 Å². The third-order valence-corrected chi connectivity index (χ3v) is 20.2. The molecule has 9 amide bonds. The zero-order valence-corrected chi connectivity index (χ0v) is 60.4. The van der Waals surface area contributed by atoms with Crippen molar-refractivity contribution in [2.45, 2.75) is 213 Å². The van der Waals surface area contributed by atoms with E-state index in [9.17, 15) is 57.8 Å². The fourth-order valence-corrected chi connectivity index (χ4v) is 14.0. The van der Waals surface area contributed by atoms with E-state index in [1.54, 1.807) is 68.3 Å². The molecule has 536 valence electrons. The Morgan fingerprint density at radius 3 is 2.00 bits per heavy atom. The number of urea groups is 1. The second kappa shape index (κ2) is 40.2. The highest BCUT2D eigenvalue weighted by Gasteiger charge is 2.44. The molecule has 4 rings (SSSR count). The van der Waals surface area contributed by atoms with Crippen LogP contribution >= 0.6 is 11.8 Å². The number of Topliss-reactive ketones (excluding diaryl/α,β-unsaturated/α-hetero) is 3. The Labute approximate surface area is 573 Å². The Balaban J connectivity index is 1.37. The zero-order chi connectivity index (χ0) is 71.7. The standard InChI is InChI=1S/C72H112N8O15S/c1-16-46(8)65(58(93-13)40-61(85)79-36-24-28-54(79)67(94-14)48(10)55(81)37-47(9)66(87)50-25-19-17-20-26-50)77(11)69(89)53(43(2)3)39-57(83)64(45(6)7)78(12)72(92)95-42-49-30-32-52(33-31-49)75-68(88)51(27-23-34-74-71(73)91)38-56(82)63(44(4)5)76-60(84)29-21-18-22-35-80-62(86)41-59(96-15)70(80)90/h17,19-20,25-26,30-33,43-48,51,53-54,58-59,63-67,87H,16,18,21-24,27-29,34-42H2,1-15H3,(H,75,88)(H,76,84)(H3,73,74,91)/t46-,47-,48-,51+,53-,54-,58+,59?,63?,64-,65-,66+,67+/m0/s1. The smallest absolute Gasteiger partial charge is 0.410 e. The van der Waals surface area contributed by atoms with E-state index in [-0.39, 0.29) is 146 Å². The van der Waals surface area contributed by atoms with Gasteiger partial charge in [-0.3, -0.25) is 48.1 Å². The van der Waals surface area contributed by atoms with Gasteiger partial charge in [-0.2, -0.15) is 11.8 Å². The van der Waals surface area contributed by atoms with E-state index in [2.05, 4.69) is 16.0 Å². The number of thioether (sulfide) groups is 1. The first kappa shape index (κ1) is 81.7. The number of likely N-dealkylation sites (N-methyl/N-ethyl adjacent to an activating group) is 2. The van der Waals surface area contributed by atoms with Gasteiger partial charge >= 0.3 is 12.1 Å². The number of hydrogen-bond acceptors (Lipinski definition) is 16. The van der Waals surface area contributed by atoms with Crippen molar-refractivity contribution in [3.63, 3.8) is 0 Å². The number of nitrogens with one attached hydrogen (secondary N) is 3. The second-order valence-corrected chi connectivity index (χ2v) is 28.4. The number of primary amides is 1. The molecule has 0 bridgehead atoms. The van der Waals surface area contributed by atoms with E-state index in [0.717, 1.165) is 5.56 Å². The number of hydrogen-bond donors (Lipinski definition) is 5. The molecule has 0 radical (unpaired) electrons. The number of aliphatic hydroxyl groups is 1. The molecule has 0 spiro atoms. The number of ether oxygens (including phenoxy) is 3. The summed E-state index contributed by atoms with van der Waals surface area (Å²) in [6.45, 7) is 19.3. The Bertz CT molecular complexity index is 2900. The predicted octanol–water partition coefficient (Wildman–Crippen LogP) is 8.91. The van der Waals surface area contributed by atoms with E-state index >= 15 is 0 Å². The molecule has 96 heavy (non-hydrogen) atoms. The van der Waals surface area contributed by atoms with E-state index in [1.807, 2.05) is 85.7 Å². The minimum atomic E-state index is -0.966. The summed E-state index contributed by atoms with van der Waals surface area (Å²) in [5.41, 5.74) is 6.96. The maximum absolute atomic E-state index is 14.9. The largest absolute Gasteiger partial charge is 0.445 e. The molecule has 6 N–H and O–H groups in total. The molecule has 2 heterocycles. The van der Waals surface area contributed by atoms with Gasteiger partial charge in [0.1, 0.15) is 12.4 Å². The number of benzene rings is 2. The molecule has 0 aromatic heterocycles. The van der Waals surface area contributed by atoms with Gasteiger partial charge in [0.2, 0.25) is 35.4 Å². The predicted molar refractivity (Wildman–Crippen MR) is 370 cm³/mol.